The van der Waals surface area contributed by atoms with E-state index in [-0.39, 0.29) is 23.7 Å². The third-order valence-electron chi connectivity index (χ3n) is 6.66. The van der Waals surface area contributed by atoms with Crippen molar-refractivity contribution < 1.29 is 42.9 Å². The van der Waals surface area contributed by atoms with Gasteiger partial charge >= 0.3 is 17.9 Å². The molecule has 0 heterocycles. The van der Waals surface area contributed by atoms with E-state index in [1.165, 1.54) is 20.1 Å². The zero-order chi connectivity index (χ0) is 36.3. The number of carbonyl (C=O) groups is 4. The smallest absolute Gasteiger partial charge is 0.333 e. The molecule has 2 aromatic carbocycles. The van der Waals surface area contributed by atoms with Crippen molar-refractivity contribution in [3.63, 3.8) is 0 Å². The van der Waals surface area contributed by atoms with Gasteiger partial charge < -0.3 is 23.7 Å². The molecule has 0 bridgehead atoms. The first-order chi connectivity index (χ1) is 23.5. The molecule has 0 aliphatic heterocycles. The van der Waals surface area contributed by atoms with Gasteiger partial charge in [-0.3, -0.25) is 4.79 Å². The number of ether oxygens (including phenoxy) is 5. The van der Waals surface area contributed by atoms with E-state index in [4.69, 9.17) is 18.9 Å². The van der Waals surface area contributed by atoms with Crippen LogP contribution in [0.15, 0.2) is 85.0 Å². The highest BCUT2D eigenvalue weighted by molar-refractivity contribution is 5.91. The Morgan fingerprint density at radius 1 is 0.551 bits per heavy atom. The minimum atomic E-state index is -0.380. The third kappa shape index (κ3) is 22.3. The molecular weight excluding hydrogens is 624 g/mol. The normalized spacial score (nSPS) is 10.5. The number of hydrogen-bond donors (Lipinski definition) is 0. The fourth-order valence-electron chi connectivity index (χ4n) is 3.87. The molecule has 9 heteroatoms. The lowest BCUT2D eigenvalue weighted by molar-refractivity contribution is -0.139. The Balaban J connectivity index is 0.000000490. The Morgan fingerprint density at radius 2 is 0.918 bits per heavy atom. The van der Waals surface area contributed by atoms with E-state index in [2.05, 4.69) is 17.9 Å². The quantitative estimate of drug-likeness (QED) is 0.0526. The zero-order valence-electron chi connectivity index (χ0n) is 29.5. The summed E-state index contributed by atoms with van der Waals surface area (Å²) in [4.78, 5) is 44.2. The maximum absolute atomic E-state index is 11.2. The summed E-state index contributed by atoms with van der Waals surface area (Å²) >= 11 is 0. The van der Waals surface area contributed by atoms with E-state index >= 15 is 0 Å². The highest BCUT2D eigenvalue weighted by atomic mass is 16.5. The second-order valence-corrected chi connectivity index (χ2v) is 11.3. The lowest BCUT2D eigenvalue weighted by Gasteiger charge is -2.07. The van der Waals surface area contributed by atoms with Crippen LogP contribution in [0, 0.1) is 0 Å². The van der Waals surface area contributed by atoms with E-state index < -0.39 is 0 Å². The van der Waals surface area contributed by atoms with Gasteiger partial charge in [-0.25, -0.2) is 14.4 Å². The highest BCUT2D eigenvalue weighted by Crippen LogP contribution is 2.15. The number of carbonyl (C=O) groups excluding carboxylic acids is 4. The van der Waals surface area contributed by atoms with Crippen LogP contribution in [0.3, 0.4) is 0 Å². The molecule has 0 saturated heterocycles. The Kier molecular flexibility index (Phi) is 22.4. The molecule has 2 aromatic rings. The van der Waals surface area contributed by atoms with Crippen LogP contribution in [0.2, 0.25) is 0 Å². The fraction of sp³-hybridized carbons (Fsp3) is 0.400. The van der Waals surface area contributed by atoms with Crippen LogP contribution in [-0.2, 0) is 33.4 Å². The summed E-state index contributed by atoms with van der Waals surface area (Å²) in [7, 11) is 1.35. The maximum Gasteiger partial charge on any atom is 0.333 e. The Labute approximate surface area is 291 Å². The van der Waals surface area contributed by atoms with Gasteiger partial charge in [-0.05, 0) is 120 Å². The zero-order valence-corrected chi connectivity index (χ0v) is 29.5. The largest absolute Gasteiger partial charge is 0.494 e. The van der Waals surface area contributed by atoms with Crippen LogP contribution in [0.4, 0.5) is 0 Å². The lowest BCUT2D eigenvalue weighted by atomic mass is 10.2. The Bertz CT molecular complexity index is 1370. The molecule has 0 saturated carbocycles. The molecule has 0 amide bonds. The van der Waals surface area contributed by atoms with E-state index in [0.717, 1.165) is 74.0 Å². The molecule has 0 spiro atoms. The molecule has 0 aromatic heterocycles. The van der Waals surface area contributed by atoms with Gasteiger partial charge in [0.1, 0.15) is 11.5 Å². The van der Waals surface area contributed by atoms with Crippen molar-refractivity contribution in [2.75, 3.05) is 33.5 Å². The molecule has 0 atom stereocenters. The number of benzene rings is 2. The number of esters is 3. The van der Waals surface area contributed by atoms with Crippen LogP contribution in [0.5, 0.6) is 11.5 Å². The number of ketones is 1. The monoisotopic (exact) mass is 676 g/mol. The second kappa shape index (κ2) is 26.1. The van der Waals surface area contributed by atoms with Crippen LogP contribution in [-0.4, -0.2) is 57.2 Å². The molecular formula is C40H52O9. The van der Waals surface area contributed by atoms with Gasteiger partial charge in [-0.15, -0.1) is 0 Å². The van der Waals surface area contributed by atoms with Crippen LogP contribution < -0.4 is 9.47 Å². The Hall–Kier alpha value is -4.92. The number of unbranched alkanes of at least 4 members (excludes halogenated alkanes) is 6. The summed E-state index contributed by atoms with van der Waals surface area (Å²) in [6.45, 7) is 14.1. The summed E-state index contributed by atoms with van der Waals surface area (Å²) in [5, 5.41) is 0. The minimum Gasteiger partial charge on any atom is -0.494 e. The maximum atomic E-state index is 11.2. The van der Waals surface area contributed by atoms with Crippen LogP contribution in [0.1, 0.15) is 83.3 Å². The van der Waals surface area contributed by atoms with Crippen molar-refractivity contribution in [1.82, 2.24) is 0 Å². The first-order valence-corrected chi connectivity index (χ1v) is 16.6. The standard InChI is InChI=1S/C20H26O5.C20H26O4/c1-16(2)20(22)25-15-7-5-4-6-14-24-18-11-8-17(9-12-18)10-13-19(21)23-3;1-16(2)20(22)24-15-7-5-4-6-14-23-19-12-10-18(11-13-19)9-8-17(3)21/h8-13H,1,4-7,14-15H2,2-3H3;8-13H,1,4-7,14-15H2,2-3H3/b13-10+;9-8+. The number of methoxy groups -OCH3 is 1. The summed E-state index contributed by atoms with van der Waals surface area (Å²) in [5.41, 5.74) is 2.75. The first-order valence-electron chi connectivity index (χ1n) is 16.6. The summed E-state index contributed by atoms with van der Waals surface area (Å²) in [6, 6.07) is 15.1. The molecule has 0 aliphatic rings. The van der Waals surface area contributed by atoms with Crippen molar-refractivity contribution in [3.8, 4) is 11.5 Å². The van der Waals surface area contributed by atoms with Gasteiger partial charge in [0.15, 0.2) is 5.78 Å². The average Bonchev–Trinajstić information content (AvgIpc) is 3.09. The van der Waals surface area contributed by atoms with Crippen molar-refractivity contribution in [2.24, 2.45) is 0 Å². The molecule has 266 valence electrons. The van der Waals surface area contributed by atoms with E-state index in [0.29, 0.717) is 37.6 Å². The number of rotatable bonds is 22. The predicted octanol–water partition coefficient (Wildman–Crippen LogP) is 8.28. The SMILES string of the molecule is C=C(C)C(=O)OCCCCCCOc1ccc(/C=C/C(=O)OC)cc1.C=C(C)C(=O)OCCCCCCOc1ccc(/C=C/C(C)=O)cc1. The third-order valence-corrected chi connectivity index (χ3v) is 6.66. The van der Waals surface area contributed by atoms with Crippen LogP contribution in [0.25, 0.3) is 12.2 Å². The van der Waals surface area contributed by atoms with E-state index in [1.54, 1.807) is 32.1 Å². The molecule has 0 radical (unpaired) electrons. The van der Waals surface area contributed by atoms with Crippen molar-refractivity contribution >= 4 is 35.8 Å². The van der Waals surface area contributed by atoms with E-state index in [9.17, 15) is 19.2 Å². The molecule has 0 aliphatic carbocycles. The van der Waals surface area contributed by atoms with Gasteiger partial charge in [0.2, 0.25) is 0 Å². The molecule has 2 rings (SSSR count). The summed E-state index contributed by atoms with van der Waals surface area (Å²) < 4.78 is 25.9. The van der Waals surface area contributed by atoms with Crippen molar-refractivity contribution in [3.05, 3.63) is 96.1 Å². The molecule has 0 fully saturated rings. The van der Waals surface area contributed by atoms with Crippen LogP contribution >= 0.6 is 0 Å². The predicted molar refractivity (Wildman–Crippen MR) is 193 cm³/mol. The van der Waals surface area contributed by atoms with Gasteiger partial charge in [-0.1, -0.05) is 43.5 Å². The lowest BCUT2D eigenvalue weighted by Crippen LogP contribution is -2.06. The number of hydrogen-bond acceptors (Lipinski definition) is 9. The Morgan fingerprint density at radius 3 is 1.27 bits per heavy atom. The van der Waals surface area contributed by atoms with E-state index in [1.807, 2.05) is 48.5 Å². The van der Waals surface area contributed by atoms with Gasteiger partial charge in [0.25, 0.3) is 0 Å². The molecule has 0 unspecified atom stereocenters. The second-order valence-electron chi connectivity index (χ2n) is 11.3. The summed E-state index contributed by atoms with van der Waals surface area (Å²) in [6.07, 6.45) is 14.0. The van der Waals surface area contributed by atoms with Crippen molar-refractivity contribution in [2.45, 2.75) is 72.1 Å². The van der Waals surface area contributed by atoms with Gasteiger partial charge in [0, 0.05) is 17.2 Å². The highest BCUT2D eigenvalue weighted by Gasteiger charge is 2.03. The fourth-order valence-corrected chi connectivity index (χ4v) is 3.87. The summed E-state index contributed by atoms with van der Waals surface area (Å²) in [5.74, 6) is 0.628. The van der Waals surface area contributed by atoms with Crippen molar-refractivity contribution in [1.29, 1.82) is 0 Å². The molecule has 49 heavy (non-hydrogen) atoms. The first kappa shape index (κ1) is 42.1. The molecule has 9 nitrogen and oxygen atoms in total. The average molecular weight is 677 g/mol. The minimum absolute atomic E-state index is 0.0321. The topological polar surface area (TPSA) is 114 Å². The molecule has 0 N–H and O–H groups in total. The van der Waals surface area contributed by atoms with Gasteiger partial charge in [-0.2, -0.15) is 0 Å². The number of allylic oxidation sites excluding steroid dienone is 1. The van der Waals surface area contributed by atoms with Gasteiger partial charge in [0.05, 0.1) is 33.5 Å².